The summed E-state index contributed by atoms with van der Waals surface area (Å²) >= 11 is 0. The summed E-state index contributed by atoms with van der Waals surface area (Å²) in [5, 5.41) is 3.40. The van der Waals surface area contributed by atoms with E-state index in [1.807, 2.05) is 18.2 Å². The van der Waals surface area contributed by atoms with Crippen molar-refractivity contribution in [1.82, 2.24) is 5.32 Å². The maximum atomic E-state index is 5.72. The summed E-state index contributed by atoms with van der Waals surface area (Å²) in [5.74, 6) is 1.70. The van der Waals surface area contributed by atoms with Crippen LogP contribution in [-0.4, -0.2) is 19.9 Å². The molecule has 0 heterocycles. The van der Waals surface area contributed by atoms with E-state index in [0.29, 0.717) is 12.8 Å². The Morgan fingerprint density at radius 1 is 1.33 bits per heavy atom. The van der Waals surface area contributed by atoms with Crippen LogP contribution in [-0.2, 0) is 4.74 Å². The minimum absolute atomic E-state index is 0.301. The summed E-state index contributed by atoms with van der Waals surface area (Å²) in [7, 11) is 0. The van der Waals surface area contributed by atoms with Crippen LogP contribution in [0.1, 0.15) is 38.3 Å². The zero-order chi connectivity index (χ0) is 12.8. The van der Waals surface area contributed by atoms with Crippen LogP contribution in [0.5, 0.6) is 5.75 Å². The molecule has 1 N–H and O–H groups in total. The highest BCUT2D eigenvalue weighted by molar-refractivity contribution is 5.35. The third-order valence-corrected chi connectivity index (χ3v) is 3.24. The van der Waals surface area contributed by atoms with Gasteiger partial charge in [-0.3, -0.25) is 0 Å². The van der Waals surface area contributed by atoms with Crippen LogP contribution in [0.4, 0.5) is 0 Å². The fourth-order valence-corrected chi connectivity index (χ4v) is 1.99. The molecule has 3 heteroatoms. The van der Waals surface area contributed by atoms with Crippen molar-refractivity contribution in [2.24, 2.45) is 5.92 Å². The summed E-state index contributed by atoms with van der Waals surface area (Å²) in [5.41, 5.74) is 1.19. The molecule has 3 nitrogen and oxygen atoms in total. The van der Waals surface area contributed by atoms with Crippen LogP contribution < -0.4 is 10.1 Å². The number of rotatable bonds is 8. The summed E-state index contributed by atoms with van der Waals surface area (Å²) in [6.07, 6.45) is 2.63. The van der Waals surface area contributed by atoms with Crippen LogP contribution in [0.3, 0.4) is 0 Å². The molecule has 1 atom stereocenters. The molecule has 2 rings (SSSR count). The Labute approximate surface area is 109 Å². The molecule has 0 spiro atoms. The average Bonchev–Trinajstić information content (AvgIpc) is 3.19. The zero-order valence-electron chi connectivity index (χ0n) is 11.3. The lowest BCUT2D eigenvalue weighted by atomic mass is 10.1. The first-order chi connectivity index (χ1) is 8.81. The highest BCUT2D eigenvalue weighted by Gasteiger charge is 2.21. The second kappa shape index (κ2) is 6.76. The summed E-state index contributed by atoms with van der Waals surface area (Å²) in [6.45, 7) is 6.40. The van der Waals surface area contributed by atoms with E-state index in [0.717, 1.165) is 24.8 Å². The summed E-state index contributed by atoms with van der Waals surface area (Å²) in [4.78, 5) is 0. The van der Waals surface area contributed by atoms with Gasteiger partial charge in [0.2, 0.25) is 0 Å². The van der Waals surface area contributed by atoms with Crippen molar-refractivity contribution in [3.8, 4) is 5.75 Å². The standard InChI is InChI=1S/C15H23NO2/c1-3-16-12(2)14-6-4-5-7-15(14)18-11-17-10-13-8-9-13/h4-7,12-13,16H,3,8-11H2,1-2H3. The molecule has 1 saturated carbocycles. The molecule has 1 unspecified atom stereocenters. The van der Waals surface area contributed by atoms with E-state index in [1.54, 1.807) is 0 Å². The molecular formula is C15H23NO2. The van der Waals surface area contributed by atoms with E-state index in [-0.39, 0.29) is 0 Å². The Kier molecular flexibility index (Phi) is 5.02. The van der Waals surface area contributed by atoms with Gasteiger partial charge in [-0.1, -0.05) is 25.1 Å². The lowest BCUT2D eigenvalue weighted by Gasteiger charge is -2.17. The zero-order valence-corrected chi connectivity index (χ0v) is 11.3. The molecular weight excluding hydrogens is 226 g/mol. The Balaban J connectivity index is 1.84. The predicted molar refractivity (Wildman–Crippen MR) is 72.7 cm³/mol. The normalized spacial score (nSPS) is 16.6. The number of para-hydroxylation sites is 1. The molecule has 1 aromatic rings. The monoisotopic (exact) mass is 249 g/mol. The Bertz CT molecular complexity index is 363. The van der Waals surface area contributed by atoms with Crippen LogP contribution in [0.15, 0.2) is 24.3 Å². The minimum Gasteiger partial charge on any atom is -0.467 e. The maximum absolute atomic E-state index is 5.72. The quantitative estimate of drug-likeness (QED) is 0.567. The topological polar surface area (TPSA) is 30.5 Å². The van der Waals surface area contributed by atoms with Crippen LogP contribution in [0, 0.1) is 5.92 Å². The van der Waals surface area contributed by atoms with Crippen molar-refractivity contribution in [3.05, 3.63) is 29.8 Å². The van der Waals surface area contributed by atoms with Gasteiger partial charge in [0.1, 0.15) is 5.75 Å². The van der Waals surface area contributed by atoms with Crippen LogP contribution in [0.2, 0.25) is 0 Å². The SMILES string of the molecule is CCNC(C)c1ccccc1OCOCC1CC1. The second-order valence-corrected chi connectivity index (χ2v) is 4.89. The first-order valence-electron chi connectivity index (χ1n) is 6.84. The van der Waals surface area contributed by atoms with E-state index in [1.165, 1.54) is 18.4 Å². The third-order valence-electron chi connectivity index (χ3n) is 3.24. The van der Waals surface area contributed by atoms with Gasteiger partial charge < -0.3 is 14.8 Å². The first kappa shape index (κ1) is 13.4. The molecule has 1 fully saturated rings. The smallest absolute Gasteiger partial charge is 0.189 e. The second-order valence-electron chi connectivity index (χ2n) is 4.89. The number of ether oxygens (including phenoxy) is 2. The number of benzene rings is 1. The van der Waals surface area contributed by atoms with Crippen molar-refractivity contribution in [1.29, 1.82) is 0 Å². The van der Waals surface area contributed by atoms with Crippen molar-refractivity contribution in [3.63, 3.8) is 0 Å². The Morgan fingerprint density at radius 3 is 2.83 bits per heavy atom. The fraction of sp³-hybridized carbons (Fsp3) is 0.600. The van der Waals surface area contributed by atoms with Gasteiger partial charge in [0.05, 0.1) is 6.61 Å². The van der Waals surface area contributed by atoms with Crippen molar-refractivity contribution in [2.75, 3.05) is 19.9 Å². The lowest BCUT2D eigenvalue weighted by molar-refractivity contribution is 0.00925. The van der Waals surface area contributed by atoms with E-state index in [2.05, 4.69) is 25.2 Å². The molecule has 0 saturated heterocycles. The van der Waals surface area contributed by atoms with Crippen LogP contribution in [0.25, 0.3) is 0 Å². The molecule has 1 aliphatic carbocycles. The van der Waals surface area contributed by atoms with E-state index in [9.17, 15) is 0 Å². The van der Waals surface area contributed by atoms with E-state index in [4.69, 9.17) is 9.47 Å². The fourth-order valence-electron chi connectivity index (χ4n) is 1.99. The minimum atomic E-state index is 0.301. The summed E-state index contributed by atoms with van der Waals surface area (Å²) < 4.78 is 11.2. The van der Waals surface area contributed by atoms with Crippen molar-refractivity contribution in [2.45, 2.75) is 32.7 Å². The summed E-state index contributed by atoms with van der Waals surface area (Å²) in [6, 6.07) is 8.45. The molecule has 0 bridgehead atoms. The van der Waals surface area contributed by atoms with Gasteiger partial charge in [-0.05, 0) is 38.3 Å². The molecule has 100 valence electrons. The number of hydrogen-bond donors (Lipinski definition) is 1. The third kappa shape index (κ3) is 4.00. The Hall–Kier alpha value is -1.06. The predicted octanol–water partition coefficient (Wildman–Crippen LogP) is 3.12. The van der Waals surface area contributed by atoms with Crippen LogP contribution >= 0.6 is 0 Å². The highest BCUT2D eigenvalue weighted by atomic mass is 16.7. The van der Waals surface area contributed by atoms with Gasteiger partial charge in [0.25, 0.3) is 0 Å². The van der Waals surface area contributed by atoms with Crippen molar-refractivity contribution >= 4 is 0 Å². The molecule has 0 radical (unpaired) electrons. The Morgan fingerprint density at radius 2 is 2.11 bits per heavy atom. The van der Waals surface area contributed by atoms with E-state index < -0.39 is 0 Å². The van der Waals surface area contributed by atoms with Gasteiger partial charge >= 0.3 is 0 Å². The molecule has 0 aliphatic heterocycles. The lowest BCUT2D eigenvalue weighted by Crippen LogP contribution is -2.18. The number of nitrogens with one attached hydrogen (secondary N) is 1. The van der Waals surface area contributed by atoms with Gasteiger partial charge in [0, 0.05) is 11.6 Å². The highest BCUT2D eigenvalue weighted by Crippen LogP contribution is 2.29. The first-order valence-corrected chi connectivity index (χ1v) is 6.84. The molecule has 18 heavy (non-hydrogen) atoms. The average molecular weight is 249 g/mol. The van der Waals surface area contributed by atoms with Gasteiger partial charge in [0.15, 0.2) is 6.79 Å². The van der Waals surface area contributed by atoms with Crippen molar-refractivity contribution < 1.29 is 9.47 Å². The van der Waals surface area contributed by atoms with Gasteiger partial charge in [-0.15, -0.1) is 0 Å². The van der Waals surface area contributed by atoms with Gasteiger partial charge in [-0.2, -0.15) is 0 Å². The number of hydrogen-bond acceptors (Lipinski definition) is 3. The van der Waals surface area contributed by atoms with Gasteiger partial charge in [-0.25, -0.2) is 0 Å². The molecule has 1 aliphatic rings. The largest absolute Gasteiger partial charge is 0.467 e. The maximum Gasteiger partial charge on any atom is 0.189 e. The molecule has 0 aromatic heterocycles. The molecule has 0 amide bonds. The van der Waals surface area contributed by atoms with E-state index >= 15 is 0 Å². The molecule has 1 aromatic carbocycles.